The quantitative estimate of drug-likeness (QED) is 0.808. The molecular weight excluding hydrogens is 248 g/mol. The van der Waals surface area contributed by atoms with Crippen LogP contribution in [0.1, 0.15) is 18.1 Å². The Balaban J connectivity index is 3.44. The second kappa shape index (κ2) is 4.21. The average Bonchev–Trinajstić information content (AvgIpc) is 2.15. The smallest absolute Gasteiger partial charge is 0.317 e. The molecule has 1 rings (SSSR count). The first kappa shape index (κ1) is 13.8. The minimum Gasteiger partial charge on any atom is -0.317 e. The van der Waals surface area contributed by atoms with E-state index in [0.29, 0.717) is 12.1 Å². The molecule has 0 saturated carbocycles. The van der Waals surface area contributed by atoms with Gasteiger partial charge < -0.3 is 5.73 Å². The van der Waals surface area contributed by atoms with Crippen LogP contribution in [-0.4, -0.2) is 6.43 Å². The number of hydrogen-bond acceptors (Lipinski definition) is 1. The van der Waals surface area contributed by atoms with E-state index in [1.807, 2.05) is 0 Å². The summed E-state index contributed by atoms with van der Waals surface area (Å²) in [4.78, 5) is 0. The van der Waals surface area contributed by atoms with Crippen LogP contribution < -0.4 is 5.73 Å². The van der Waals surface area contributed by atoms with Crippen LogP contribution in [0.4, 0.5) is 26.3 Å². The Labute approximate surface area is 93.2 Å². The van der Waals surface area contributed by atoms with Crippen LogP contribution in [-0.2, 0) is 11.7 Å². The maximum absolute atomic E-state index is 12.7. The van der Waals surface area contributed by atoms with Crippen molar-refractivity contribution in [3.8, 4) is 0 Å². The highest BCUT2D eigenvalue weighted by Crippen LogP contribution is 2.38. The van der Waals surface area contributed by atoms with Crippen LogP contribution in [0, 0.1) is 5.82 Å². The highest BCUT2D eigenvalue weighted by Gasteiger charge is 2.42. The molecule has 1 nitrogen and oxygen atoms in total. The molecule has 1 aromatic carbocycles. The Morgan fingerprint density at radius 2 is 1.65 bits per heavy atom. The van der Waals surface area contributed by atoms with Crippen LogP contribution >= 0.6 is 0 Å². The van der Waals surface area contributed by atoms with Crippen LogP contribution in [0.25, 0.3) is 0 Å². The Morgan fingerprint density at radius 1 is 1.12 bits per heavy atom. The highest BCUT2D eigenvalue weighted by atomic mass is 19.4. The van der Waals surface area contributed by atoms with Gasteiger partial charge in [-0.05, 0) is 24.6 Å². The van der Waals surface area contributed by atoms with Gasteiger partial charge >= 0.3 is 6.18 Å². The molecule has 0 aliphatic heterocycles. The maximum Gasteiger partial charge on any atom is 0.416 e. The van der Waals surface area contributed by atoms with E-state index in [1.54, 1.807) is 0 Å². The summed E-state index contributed by atoms with van der Waals surface area (Å²) in [6.07, 6.45) is -8.14. The standard InChI is InChI=1S/C10H9F6N/c1-9(17,8(12)13)6-3-2-5(11)4-7(6)10(14,15)16/h2-4,8H,17H2,1H3. The summed E-state index contributed by atoms with van der Waals surface area (Å²) in [6, 6.07) is 1.45. The molecular formula is C10H9F6N. The molecule has 0 aromatic heterocycles. The molecule has 0 aliphatic carbocycles. The van der Waals surface area contributed by atoms with E-state index in [9.17, 15) is 26.3 Å². The predicted octanol–water partition coefficient (Wildman–Crippen LogP) is 3.28. The molecule has 0 amide bonds. The van der Waals surface area contributed by atoms with Gasteiger partial charge in [-0.3, -0.25) is 0 Å². The molecule has 0 radical (unpaired) electrons. The van der Waals surface area contributed by atoms with Gasteiger partial charge in [-0.1, -0.05) is 6.07 Å². The van der Waals surface area contributed by atoms with Gasteiger partial charge in [0.05, 0.1) is 5.56 Å². The maximum atomic E-state index is 12.7. The Bertz CT molecular complexity index is 410. The summed E-state index contributed by atoms with van der Waals surface area (Å²) in [7, 11) is 0. The highest BCUT2D eigenvalue weighted by molar-refractivity contribution is 5.36. The summed E-state index contributed by atoms with van der Waals surface area (Å²) >= 11 is 0. The number of hydrogen-bond donors (Lipinski definition) is 1. The SMILES string of the molecule is CC(N)(c1ccc(F)cc1C(F)(F)F)C(F)F. The summed E-state index contributed by atoms with van der Waals surface area (Å²) in [5.74, 6) is -1.16. The fourth-order valence-electron chi connectivity index (χ4n) is 1.34. The van der Waals surface area contributed by atoms with E-state index in [1.165, 1.54) is 0 Å². The molecule has 2 N–H and O–H groups in total. The summed E-state index contributed by atoms with van der Waals surface area (Å²) in [5, 5.41) is 0. The zero-order valence-electron chi connectivity index (χ0n) is 8.65. The van der Waals surface area contributed by atoms with Crippen molar-refractivity contribution in [3.05, 3.63) is 35.1 Å². The first-order valence-electron chi connectivity index (χ1n) is 4.51. The Morgan fingerprint density at radius 3 is 2.06 bits per heavy atom. The molecule has 1 atom stereocenters. The molecule has 0 fully saturated rings. The van der Waals surface area contributed by atoms with Crippen LogP contribution in [0.2, 0.25) is 0 Å². The lowest BCUT2D eigenvalue weighted by molar-refractivity contribution is -0.139. The minimum absolute atomic E-state index is 0.156. The molecule has 17 heavy (non-hydrogen) atoms. The molecule has 1 unspecified atom stereocenters. The Kier molecular flexibility index (Phi) is 3.42. The van der Waals surface area contributed by atoms with Gasteiger partial charge in [0.1, 0.15) is 11.4 Å². The summed E-state index contributed by atoms with van der Waals surface area (Å²) in [5.41, 5.74) is 0.353. The second-order valence-electron chi connectivity index (χ2n) is 3.77. The van der Waals surface area contributed by atoms with E-state index in [4.69, 9.17) is 5.73 Å². The van der Waals surface area contributed by atoms with Crippen molar-refractivity contribution in [1.82, 2.24) is 0 Å². The predicted molar refractivity (Wildman–Crippen MR) is 48.9 cm³/mol. The van der Waals surface area contributed by atoms with Crippen LogP contribution in [0.15, 0.2) is 18.2 Å². The molecule has 0 heterocycles. The molecule has 0 saturated heterocycles. The van der Waals surface area contributed by atoms with Gasteiger partial charge in [0, 0.05) is 0 Å². The zero-order valence-corrected chi connectivity index (χ0v) is 8.65. The van der Waals surface area contributed by atoms with Crippen LogP contribution in [0.3, 0.4) is 0 Å². The van der Waals surface area contributed by atoms with E-state index >= 15 is 0 Å². The van der Waals surface area contributed by atoms with Crippen molar-refractivity contribution in [3.63, 3.8) is 0 Å². The summed E-state index contributed by atoms with van der Waals surface area (Å²) in [6.45, 7) is 0.764. The third-order valence-electron chi connectivity index (χ3n) is 2.32. The third kappa shape index (κ3) is 2.71. The van der Waals surface area contributed by atoms with Crippen LogP contribution in [0.5, 0.6) is 0 Å². The van der Waals surface area contributed by atoms with Gasteiger partial charge in [-0.15, -0.1) is 0 Å². The average molecular weight is 257 g/mol. The van der Waals surface area contributed by atoms with E-state index in [0.717, 1.165) is 6.92 Å². The topological polar surface area (TPSA) is 26.0 Å². The minimum atomic E-state index is -4.94. The number of rotatable bonds is 2. The first-order chi connectivity index (χ1) is 7.56. The number of halogens is 6. The molecule has 0 bridgehead atoms. The van der Waals surface area contributed by atoms with E-state index in [2.05, 4.69) is 0 Å². The van der Waals surface area contributed by atoms with Crippen molar-refractivity contribution >= 4 is 0 Å². The van der Waals surface area contributed by atoms with E-state index < -0.39 is 35.1 Å². The van der Waals surface area contributed by atoms with Gasteiger partial charge in [0.15, 0.2) is 0 Å². The fourth-order valence-corrected chi connectivity index (χ4v) is 1.34. The van der Waals surface area contributed by atoms with Crippen molar-refractivity contribution < 1.29 is 26.3 Å². The molecule has 96 valence electrons. The van der Waals surface area contributed by atoms with Crippen molar-refractivity contribution in [1.29, 1.82) is 0 Å². The third-order valence-corrected chi connectivity index (χ3v) is 2.32. The van der Waals surface area contributed by atoms with Gasteiger partial charge in [-0.25, -0.2) is 13.2 Å². The Hall–Kier alpha value is -1.24. The summed E-state index contributed by atoms with van der Waals surface area (Å²) < 4.78 is 75.6. The molecule has 0 aliphatic rings. The van der Waals surface area contributed by atoms with Gasteiger partial charge in [0.25, 0.3) is 6.43 Å². The zero-order chi connectivity index (χ0) is 13.4. The molecule has 1 aromatic rings. The number of alkyl halides is 5. The lowest BCUT2D eigenvalue weighted by Gasteiger charge is -2.27. The monoisotopic (exact) mass is 257 g/mol. The lowest BCUT2D eigenvalue weighted by Crippen LogP contribution is -2.42. The normalized spacial score (nSPS) is 16.1. The van der Waals surface area contributed by atoms with Gasteiger partial charge in [-0.2, -0.15) is 13.2 Å². The first-order valence-corrected chi connectivity index (χ1v) is 4.51. The van der Waals surface area contributed by atoms with Crippen molar-refractivity contribution in [2.45, 2.75) is 25.1 Å². The lowest BCUT2D eigenvalue weighted by atomic mass is 9.89. The fraction of sp³-hybridized carbons (Fsp3) is 0.400. The molecule has 7 heteroatoms. The largest absolute Gasteiger partial charge is 0.416 e. The number of nitrogens with two attached hydrogens (primary N) is 1. The van der Waals surface area contributed by atoms with Gasteiger partial charge in [0.2, 0.25) is 0 Å². The second-order valence-corrected chi connectivity index (χ2v) is 3.77. The van der Waals surface area contributed by atoms with Crippen molar-refractivity contribution in [2.24, 2.45) is 5.73 Å². The molecule has 0 spiro atoms. The van der Waals surface area contributed by atoms with Crippen molar-refractivity contribution in [2.75, 3.05) is 0 Å². The van der Waals surface area contributed by atoms with E-state index in [-0.39, 0.29) is 6.07 Å². The number of benzene rings is 1.